The van der Waals surface area contributed by atoms with Gasteiger partial charge >= 0.3 is 0 Å². The minimum atomic E-state index is 0.723. The maximum atomic E-state index is 10.3. The summed E-state index contributed by atoms with van der Waals surface area (Å²) in [6, 6.07) is 4.04. The molecule has 15 heavy (non-hydrogen) atoms. The Morgan fingerprint density at radius 3 is 3.00 bits per heavy atom. The average molecular weight is 225 g/mol. The van der Waals surface area contributed by atoms with Crippen LogP contribution in [0.25, 0.3) is 0 Å². The van der Waals surface area contributed by atoms with Gasteiger partial charge in [-0.2, -0.15) is 0 Å². The molecule has 0 atom stereocenters. The van der Waals surface area contributed by atoms with Crippen molar-refractivity contribution in [1.29, 1.82) is 0 Å². The van der Waals surface area contributed by atoms with Gasteiger partial charge in [-0.05, 0) is 12.1 Å². The Morgan fingerprint density at radius 2 is 2.27 bits per heavy atom. The summed E-state index contributed by atoms with van der Waals surface area (Å²) in [4.78, 5) is 14.0. The van der Waals surface area contributed by atoms with E-state index in [9.17, 15) is 4.79 Å². The van der Waals surface area contributed by atoms with E-state index in [4.69, 9.17) is 0 Å². The molecule has 0 aliphatic carbocycles. The van der Waals surface area contributed by atoms with E-state index in [0.29, 0.717) is 0 Å². The van der Waals surface area contributed by atoms with Crippen LogP contribution in [0, 0.1) is 0 Å². The minimum absolute atomic E-state index is 0.723. The quantitative estimate of drug-likeness (QED) is 0.742. The molecule has 1 aromatic rings. The van der Waals surface area contributed by atoms with Gasteiger partial charge in [-0.3, -0.25) is 9.69 Å². The van der Waals surface area contributed by atoms with E-state index in [1.807, 2.05) is 6.07 Å². The number of nitrogens with zero attached hydrogens (tertiary/aromatic N) is 1. The van der Waals surface area contributed by atoms with Crippen molar-refractivity contribution in [3.8, 4) is 0 Å². The van der Waals surface area contributed by atoms with Gasteiger partial charge in [0.05, 0.1) is 5.00 Å². The lowest BCUT2D eigenvalue weighted by molar-refractivity contribution is -0.105. The highest BCUT2D eigenvalue weighted by atomic mass is 32.1. The zero-order valence-corrected chi connectivity index (χ0v) is 9.35. The number of carbonyl (C=O) groups excluding carboxylic acids is 1. The first kappa shape index (κ1) is 10.6. The third kappa shape index (κ3) is 3.02. The van der Waals surface area contributed by atoms with Gasteiger partial charge in [0, 0.05) is 37.6 Å². The highest BCUT2D eigenvalue weighted by molar-refractivity contribution is 7.16. The van der Waals surface area contributed by atoms with Crippen LogP contribution >= 0.6 is 11.3 Å². The molecule has 1 aliphatic rings. The van der Waals surface area contributed by atoms with Gasteiger partial charge < -0.3 is 10.6 Å². The second-order valence-corrected chi connectivity index (χ2v) is 4.72. The second kappa shape index (κ2) is 5.25. The molecule has 2 rings (SSSR count). The molecule has 0 unspecified atom stereocenters. The summed E-state index contributed by atoms with van der Waals surface area (Å²) in [7, 11) is 0. The summed E-state index contributed by atoms with van der Waals surface area (Å²) in [5, 5.41) is 6.93. The molecule has 5 heteroatoms. The molecule has 0 spiro atoms. The van der Waals surface area contributed by atoms with Crippen LogP contribution in [0.4, 0.5) is 5.00 Å². The van der Waals surface area contributed by atoms with Crippen LogP contribution in [0.5, 0.6) is 0 Å². The summed E-state index contributed by atoms with van der Waals surface area (Å²) in [6.07, 6.45) is 0.723. The third-order valence-electron chi connectivity index (χ3n) is 2.45. The molecule has 1 amide bonds. The molecule has 1 saturated heterocycles. The van der Waals surface area contributed by atoms with Gasteiger partial charge in [-0.25, -0.2) is 0 Å². The number of thiophene rings is 1. The fourth-order valence-electron chi connectivity index (χ4n) is 1.69. The van der Waals surface area contributed by atoms with Gasteiger partial charge in [0.25, 0.3) is 0 Å². The predicted molar refractivity (Wildman–Crippen MR) is 62.2 cm³/mol. The van der Waals surface area contributed by atoms with E-state index in [2.05, 4.69) is 21.6 Å². The van der Waals surface area contributed by atoms with Crippen LogP contribution in [0.1, 0.15) is 4.88 Å². The fourth-order valence-corrected chi connectivity index (χ4v) is 2.60. The van der Waals surface area contributed by atoms with Gasteiger partial charge in [0.15, 0.2) is 0 Å². The van der Waals surface area contributed by atoms with Gasteiger partial charge in [-0.1, -0.05) is 0 Å². The molecule has 1 aromatic heterocycles. The van der Waals surface area contributed by atoms with E-state index in [0.717, 1.165) is 44.1 Å². The molecule has 82 valence electrons. The molecule has 0 saturated carbocycles. The minimum Gasteiger partial charge on any atom is -0.320 e. The Kier molecular flexibility index (Phi) is 3.71. The molecular formula is C10H15N3OS. The first-order valence-corrected chi connectivity index (χ1v) is 5.92. The van der Waals surface area contributed by atoms with Gasteiger partial charge in [0.2, 0.25) is 6.41 Å². The maximum Gasteiger partial charge on any atom is 0.212 e. The second-order valence-electron chi connectivity index (χ2n) is 3.55. The van der Waals surface area contributed by atoms with Crippen LogP contribution in [0.3, 0.4) is 0 Å². The number of rotatable bonds is 4. The molecule has 0 aromatic carbocycles. The van der Waals surface area contributed by atoms with Crippen molar-refractivity contribution in [2.75, 3.05) is 31.5 Å². The Balaban J connectivity index is 1.88. The number of nitrogens with one attached hydrogen (secondary N) is 2. The Bertz CT molecular complexity index is 320. The summed E-state index contributed by atoms with van der Waals surface area (Å²) in [5.41, 5.74) is 0. The number of amides is 1. The smallest absolute Gasteiger partial charge is 0.212 e. The van der Waals surface area contributed by atoms with Crippen molar-refractivity contribution in [1.82, 2.24) is 10.2 Å². The van der Waals surface area contributed by atoms with Crippen molar-refractivity contribution in [2.24, 2.45) is 0 Å². The zero-order chi connectivity index (χ0) is 10.5. The molecule has 2 N–H and O–H groups in total. The van der Waals surface area contributed by atoms with Gasteiger partial charge in [0.1, 0.15) is 0 Å². The first-order valence-electron chi connectivity index (χ1n) is 5.10. The molecular weight excluding hydrogens is 210 g/mol. The van der Waals surface area contributed by atoms with E-state index < -0.39 is 0 Å². The summed E-state index contributed by atoms with van der Waals surface area (Å²) >= 11 is 1.65. The number of anilines is 1. The number of hydrogen-bond acceptors (Lipinski definition) is 4. The normalized spacial score (nSPS) is 17.6. The summed E-state index contributed by atoms with van der Waals surface area (Å²) in [5.74, 6) is 0. The van der Waals surface area contributed by atoms with Crippen molar-refractivity contribution in [3.05, 3.63) is 17.0 Å². The van der Waals surface area contributed by atoms with Gasteiger partial charge in [-0.15, -0.1) is 11.3 Å². The van der Waals surface area contributed by atoms with Crippen molar-refractivity contribution < 1.29 is 4.79 Å². The number of piperazine rings is 1. The molecule has 4 nitrogen and oxygen atoms in total. The number of carbonyl (C=O) groups is 1. The maximum absolute atomic E-state index is 10.3. The van der Waals surface area contributed by atoms with Crippen LogP contribution in [-0.2, 0) is 11.3 Å². The first-order chi connectivity index (χ1) is 7.38. The summed E-state index contributed by atoms with van der Waals surface area (Å²) < 4.78 is 0. The largest absolute Gasteiger partial charge is 0.320 e. The molecule has 1 fully saturated rings. The fraction of sp³-hybridized carbons (Fsp3) is 0.500. The molecule has 2 heterocycles. The average Bonchev–Trinajstić information content (AvgIpc) is 2.68. The summed E-state index contributed by atoms with van der Waals surface area (Å²) in [6.45, 7) is 5.35. The highest BCUT2D eigenvalue weighted by Crippen LogP contribution is 2.22. The standard InChI is InChI=1S/C10H15N3OS/c14-8-12-10-2-1-9(15-10)7-13-5-3-11-4-6-13/h1-2,8,11H,3-7H2,(H,12,14). The predicted octanol–water partition coefficient (Wildman–Crippen LogP) is 0.722. The van der Waals surface area contributed by atoms with Crippen LogP contribution < -0.4 is 10.6 Å². The molecule has 1 aliphatic heterocycles. The lowest BCUT2D eigenvalue weighted by Gasteiger charge is -2.26. The Labute approximate surface area is 93.3 Å². The third-order valence-corrected chi connectivity index (χ3v) is 3.45. The zero-order valence-electron chi connectivity index (χ0n) is 8.53. The number of hydrogen-bond donors (Lipinski definition) is 2. The Hall–Kier alpha value is -0.910. The monoisotopic (exact) mass is 225 g/mol. The van der Waals surface area contributed by atoms with E-state index >= 15 is 0 Å². The van der Waals surface area contributed by atoms with Crippen LogP contribution in [0.15, 0.2) is 12.1 Å². The van der Waals surface area contributed by atoms with E-state index in [1.54, 1.807) is 11.3 Å². The Morgan fingerprint density at radius 1 is 1.47 bits per heavy atom. The topological polar surface area (TPSA) is 44.4 Å². The highest BCUT2D eigenvalue weighted by Gasteiger charge is 2.10. The van der Waals surface area contributed by atoms with E-state index in [-0.39, 0.29) is 0 Å². The van der Waals surface area contributed by atoms with Crippen molar-refractivity contribution >= 4 is 22.7 Å². The molecule has 0 radical (unpaired) electrons. The molecule has 0 bridgehead atoms. The lowest BCUT2D eigenvalue weighted by atomic mass is 10.3. The van der Waals surface area contributed by atoms with Crippen LogP contribution in [-0.4, -0.2) is 37.5 Å². The van der Waals surface area contributed by atoms with Crippen LogP contribution in [0.2, 0.25) is 0 Å². The van der Waals surface area contributed by atoms with Crippen molar-refractivity contribution in [3.63, 3.8) is 0 Å². The lowest BCUT2D eigenvalue weighted by Crippen LogP contribution is -2.42. The van der Waals surface area contributed by atoms with Crippen molar-refractivity contribution in [2.45, 2.75) is 6.54 Å². The SMILES string of the molecule is O=CNc1ccc(CN2CCNCC2)s1. The van der Waals surface area contributed by atoms with E-state index in [1.165, 1.54) is 4.88 Å².